The second-order valence-corrected chi connectivity index (χ2v) is 6.91. The molecule has 2 saturated heterocycles. The minimum Gasteiger partial charge on any atom is -0.548 e. The van der Waals surface area contributed by atoms with Gasteiger partial charge < -0.3 is 14.8 Å². The number of carboxylic acid groups (broad SMARTS) is 1. The van der Waals surface area contributed by atoms with Gasteiger partial charge in [0.05, 0.1) is 12.0 Å². The molecule has 0 aliphatic carbocycles. The summed E-state index contributed by atoms with van der Waals surface area (Å²) in [5.74, 6) is -0.867. The number of nitrogens with zero attached hydrogens (tertiary/aromatic N) is 1. The van der Waals surface area contributed by atoms with Gasteiger partial charge in [-0.25, -0.2) is 0 Å². The Morgan fingerprint density at radius 1 is 1.42 bits per heavy atom. The third-order valence-corrected chi connectivity index (χ3v) is 5.82. The average molecular weight is 341 g/mol. The highest BCUT2D eigenvalue weighted by molar-refractivity contribution is 9.10. The molecular formula is C13H11BrNO3S-. The Labute approximate surface area is 123 Å². The van der Waals surface area contributed by atoms with Gasteiger partial charge in [0.2, 0.25) is 5.91 Å². The molecular weight excluding hydrogens is 330 g/mol. The fourth-order valence-corrected chi connectivity index (χ4v) is 4.73. The summed E-state index contributed by atoms with van der Waals surface area (Å²) in [7, 11) is 0. The predicted octanol–water partition coefficient (Wildman–Crippen LogP) is 1.09. The molecule has 3 rings (SSSR count). The zero-order valence-corrected chi connectivity index (χ0v) is 12.4. The lowest BCUT2D eigenvalue weighted by Gasteiger charge is -2.34. The van der Waals surface area contributed by atoms with Crippen molar-refractivity contribution in [3.8, 4) is 0 Å². The summed E-state index contributed by atoms with van der Waals surface area (Å²) in [5.41, 5.74) is 0.982. The van der Waals surface area contributed by atoms with E-state index in [4.69, 9.17) is 0 Å². The largest absolute Gasteiger partial charge is 0.548 e. The van der Waals surface area contributed by atoms with E-state index in [-0.39, 0.29) is 5.91 Å². The van der Waals surface area contributed by atoms with E-state index in [0.29, 0.717) is 18.6 Å². The summed E-state index contributed by atoms with van der Waals surface area (Å²) in [6, 6.07) is 6.90. The number of benzene rings is 1. The molecule has 0 bridgehead atoms. The molecule has 0 N–H and O–H groups in total. The maximum absolute atomic E-state index is 12.0. The van der Waals surface area contributed by atoms with E-state index in [1.165, 1.54) is 16.7 Å². The smallest absolute Gasteiger partial charge is 0.224 e. The monoisotopic (exact) mass is 340 g/mol. The van der Waals surface area contributed by atoms with Crippen LogP contribution in [-0.2, 0) is 14.5 Å². The van der Waals surface area contributed by atoms with Crippen LogP contribution in [0.15, 0.2) is 28.7 Å². The molecule has 2 aliphatic rings. The lowest BCUT2D eigenvalue weighted by Crippen LogP contribution is -2.50. The van der Waals surface area contributed by atoms with Crippen LogP contribution in [0.5, 0.6) is 0 Å². The highest BCUT2D eigenvalue weighted by atomic mass is 79.9. The van der Waals surface area contributed by atoms with Gasteiger partial charge in [-0.15, -0.1) is 11.8 Å². The molecule has 0 aromatic heterocycles. The molecule has 1 amide bonds. The van der Waals surface area contributed by atoms with Crippen molar-refractivity contribution in [1.29, 1.82) is 0 Å². The Morgan fingerprint density at radius 3 is 2.74 bits per heavy atom. The van der Waals surface area contributed by atoms with Crippen molar-refractivity contribution in [2.45, 2.75) is 23.8 Å². The van der Waals surface area contributed by atoms with Gasteiger partial charge in [-0.05, 0) is 24.1 Å². The molecule has 0 spiro atoms. The highest BCUT2D eigenvalue weighted by Crippen LogP contribution is 2.54. The highest BCUT2D eigenvalue weighted by Gasteiger charge is 2.55. The summed E-state index contributed by atoms with van der Waals surface area (Å²) in [6.45, 7) is 0. The van der Waals surface area contributed by atoms with Gasteiger partial charge in [0, 0.05) is 16.6 Å². The molecule has 0 saturated carbocycles. The number of carbonyl (C=O) groups excluding carboxylic acids is 2. The van der Waals surface area contributed by atoms with E-state index >= 15 is 0 Å². The van der Waals surface area contributed by atoms with Crippen molar-refractivity contribution in [3.63, 3.8) is 0 Å². The Kier molecular flexibility index (Phi) is 3.09. The van der Waals surface area contributed by atoms with Crippen LogP contribution in [0.1, 0.15) is 18.4 Å². The van der Waals surface area contributed by atoms with Crippen LogP contribution < -0.4 is 5.11 Å². The number of thioether (sulfide) groups is 1. The molecule has 2 heterocycles. The Hall–Kier alpha value is -1.01. The first kappa shape index (κ1) is 13.0. The number of carbonyl (C=O) groups is 2. The molecule has 0 radical (unpaired) electrons. The number of halogens is 1. The first-order chi connectivity index (χ1) is 9.04. The molecule has 1 aromatic rings. The number of hydrogen-bond acceptors (Lipinski definition) is 4. The zero-order chi connectivity index (χ0) is 13.6. The summed E-state index contributed by atoms with van der Waals surface area (Å²) < 4.78 is 0.961. The minimum atomic E-state index is -1.17. The molecule has 100 valence electrons. The molecule has 2 atom stereocenters. The van der Waals surface area contributed by atoms with Crippen LogP contribution in [0, 0.1) is 0 Å². The van der Waals surface area contributed by atoms with E-state index < -0.39 is 16.9 Å². The minimum absolute atomic E-state index is 0.0953. The quantitative estimate of drug-likeness (QED) is 0.808. The van der Waals surface area contributed by atoms with Crippen LogP contribution >= 0.6 is 27.7 Å². The maximum atomic E-state index is 12.0. The molecule has 2 fully saturated rings. The number of hydrogen-bond donors (Lipinski definition) is 0. The van der Waals surface area contributed by atoms with Crippen molar-refractivity contribution >= 4 is 39.6 Å². The van der Waals surface area contributed by atoms with Crippen molar-refractivity contribution in [2.75, 3.05) is 5.75 Å². The fourth-order valence-electron chi connectivity index (χ4n) is 2.83. The van der Waals surface area contributed by atoms with E-state index in [9.17, 15) is 14.7 Å². The van der Waals surface area contributed by atoms with E-state index in [0.717, 1.165) is 10.0 Å². The van der Waals surface area contributed by atoms with Crippen LogP contribution in [0.2, 0.25) is 0 Å². The number of carboxylic acids is 1. The zero-order valence-electron chi connectivity index (χ0n) is 9.97. The summed E-state index contributed by atoms with van der Waals surface area (Å²) in [4.78, 5) is 24.2. The summed E-state index contributed by atoms with van der Waals surface area (Å²) in [6.07, 6.45) is 1.05. The SMILES string of the molecule is O=C([O-])[C@@H]1CS[C@@]2(c3ccc(Br)cc3)CCC(=O)N12. The number of fused-ring (bicyclic) bond motifs is 1. The predicted molar refractivity (Wildman–Crippen MR) is 73.2 cm³/mol. The lowest BCUT2D eigenvalue weighted by molar-refractivity contribution is -0.310. The van der Waals surface area contributed by atoms with Crippen LogP contribution in [0.3, 0.4) is 0 Å². The fraction of sp³-hybridized carbons (Fsp3) is 0.385. The van der Waals surface area contributed by atoms with Crippen molar-refractivity contribution in [3.05, 3.63) is 34.3 Å². The summed E-state index contributed by atoms with van der Waals surface area (Å²) in [5, 5.41) is 11.2. The van der Waals surface area contributed by atoms with Gasteiger partial charge in [-0.3, -0.25) is 4.79 Å². The maximum Gasteiger partial charge on any atom is 0.224 e. The lowest BCUT2D eigenvalue weighted by atomic mass is 10.0. The molecule has 19 heavy (non-hydrogen) atoms. The third-order valence-electron chi connectivity index (χ3n) is 3.69. The van der Waals surface area contributed by atoms with Crippen molar-refractivity contribution in [2.24, 2.45) is 0 Å². The standard InChI is InChI=1S/C13H12BrNO3S/c14-9-3-1-8(2-4-9)13-6-5-11(16)15(13)10(7-19-13)12(17)18/h1-4,10H,5-7H2,(H,17,18)/p-1/t10-,13+/m0/s1. The van der Waals surface area contributed by atoms with Crippen molar-refractivity contribution in [1.82, 2.24) is 4.90 Å². The third kappa shape index (κ3) is 1.89. The molecule has 1 aromatic carbocycles. The Morgan fingerprint density at radius 2 is 2.11 bits per heavy atom. The van der Waals surface area contributed by atoms with Gasteiger partial charge in [-0.1, -0.05) is 28.1 Å². The van der Waals surface area contributed by atoms with Gasteiger partial charge in [0.15, 0.2) is 0 Å². The molecule has 0 unspecified atom stereocenters. The van der Waals surface area contributed by atoms with Crippen molar-refractivity contribution < 1.29 is 14.7 Å². The van der Waals surface area contributed by atoms with E-state index in [1.54, 1.807) is 0 Å². The molecule has 6 heteroatoms. The number of amides is 1. The Balaban J connectivity index is 2.05. The summed E-state index contributed by atoms with van der Waals surface area (Å²) >= 11 is 4.91. The van der Waals surface area contributed by atoms with E-state index in [2.05, 4.69) is 15.9 Å². The number of rotatable bonds is 2. The second kappa shape index (κ2) is 4.52. The van der Waals surface area contributed by atoms with Crippen LogP contribution in [-0.4, -0.2) is 28.6 Å². The topological polar surface area (TPSA) is 60.4 Å². The van der Waals surface area contributed by atoms with Gasteiger partial charge >= 0.3 is 0 Å². The van der Waals surface area contributed by atoms with Gasteiger partial charge in [0.1, 0.15) is 4.87 Å². The molecule has 4 nitrogen and oxygen atoms in total. The molecule has 2 aliphatic heterocycles. The second-order valence-electron chi connectivity index (χ2n) is 4.70. The van der Waals surface area contributed by atoms with Crippen LogP contribution in [0.4, 0.5) is 0 Å². The Bertz CT molecular complexity index is 547. The number of aliphatic carboxylic acids is 1. The van der Waals surface area contributed by atoms with Gasteiger partial charge in [-0.2, -0.15) is 0 Å². The first-order valence-corrected chi connectivity index (χ1v) is 7.75. The van der Waals surface area contributed by atoms with E-state index in [1.807, 2.05) is 24.3 Å². The van der Waals surface area contributed by atoms with Crippen LogP contribution in [0.25, 0.3) is 0 Å². The first-order valence-electron chi connectivity index (χ1n) is 5.97. The van der Waals surface area contributed by atoms with Gasteiger partial charge in [0.25, 0.3) is 0 Å². The average Bonchev–Trinajstić information content (AvgIpc) is 2.90. The normalized spacial score (nSPS) is 29.6.